The van der Waals surface area contributed by atoms with Crippen LogP contribution < -0.4 is 5.73 Å². The first-order valence-electron chi connectivity index (χ1n) is 9.18. The van der Waals surface area contributed by atoms with E-state index in [0.717, 1.165) is 17.9 Å². The Hall–Kier alpha value is -0.930. The summed E-state index contributed by atoms with van der Waals surface area (Å²) < 4.78 is 0. The molecular weight excluding hydrogens is 386 g/mol. The molecule has 0 aliphatic carbocycles. The van der Waals surface area contributed by atoms with Crippen LogP contribution in [-0.4, -0.2) is 81.7 Å². The Balaban J connectivity index is 5.42. The first kappa shape index (κ1) is 26.1. The van der Waals surface area contributed by atoms with Gasteiger partial charge in [0, 0.05) is 32.7 Å². The number of carbonyl (C=O) groups is 3. The third-order valence-electron chi connectivity index (χ3n) is 4.17. The third-order valence-corrected chi connectivity index (χ3v) is 5.61. The van der Waals surface area contributed by atoms with Gasteiger partial charge in [-0.2, -0.15) is 24.4 Å². The highest BCUT2D eigenvalue weighted by Gasteiger charge is 2.36. The van der Waals surface area contributed by atoms with E-state index >= 15 is 0 Å². The maximum atomic E-state index is 13.1. The quantitative estimate of drug-likeness (QED) is 0.306. The Morgan fingerprint density at radius 1 is 1.19 bits per heavy atom. The summed E-state index contributed by atoms with van der Waals surface area (Å²) in [6.45, 7) is 5.02. The van der Waals surface area contributed by atoms with Gasteiger partial charge in [-0.15, -0.1) is 0 Å². The monoisotopic (exact) mass is 421 g/mol. The summed E-state index contributed by atoms with van der Waals surface area (Å²) in [4.78, 5) is 40.0. The number of hydrogen-bond acceptors (Lipinski definition) is 6. The van der Waals surface area contributed by atoms with Crippen molar-refractivity contribution in [2.45, 2.75) is 64.1 Å². The van der Waals surface area contributed by atoms with Crippen LogP contribution in [-0.2, 0) is 14.4 Å². The molecule has 0 saturated carbocycles. The molecule has 0 unspecified atom stereocenters. The van der Waals surface area contributed by atoms with Crippen LogP contribution in [0.1, 0.15) is 46.5 Å². The van der Waals surface area contributed by atoms with Crippen LogP contribution in [0.2, 0.25) is 0 Å². The van der Waals surface area contributed by atoms with Gasteiger partial charge in [0.05, 0.1) is 5.60 Å². The Bertz CT molecular complexity index is 497. The van der Waals surface area contributed by atoms with Crippen molar-refractivity contribution in [3.63, 3.8) is 0 Å². The van der Waals surface area contributed by atoms with E-state index in [2.05, 4.69) is 12.6 Å². The van der Waals surface area contributed by atoms with E-state index in [1.54, 1.807) is 32.7 Å². The van der Waals surface area contributed by atoms with Gasteiger partial charge in [0.1, 0.15) is 12.1 Å². The maximum absolute atomic E-state index is 13.1. The van der Waals surface area contributed by atoms with Gasteiger partial charge in [0.25, 0.3) is 0 Å². The fraction of sp³-hybridized carbons (Fsp3) is 0.833. The number of carbonyl (C=O) groups excluding carboxylic acids is 3. The second kappa shape index (κ2) is 12.5. The van der Waals surface area contributed by atoms with Crippen molar-refractivity contribution in [3.8, 4) is 0 Å². The van der Waals surface area contributed by atoms with Gasteiger partial charge in [-0.05, 0) is 38.2 Å². The molecule has 0 aromatic heterocycles. The normalized spacial score (nSPS) is 13.7. The molecule has 0 aromatic rings. The summed E-state index contributed by atoms with van der Waals surface area (Å²) >= 11 is 5.75. The minimum Gasteiger partial charge on any atom is -0.390 e. The van der Waals surface area contributed by atoms with Crippen LogP contribution in [0.5, 0.6) is 0 Å². The SMILES string of the molecule is CCCC(=O)N(C)[C@H](CSCCCS)C(=O)N(C)[C@@H](CC(C)(C)O)C(N)=O. The van der Waals surface area contributed by atoms with E-state index in [0.29, 0.717) is 18.6 Å². The summed E-state index contributed by atoms with van der Waals surface area (Å²) in [5, 5.41) is 10.1. The zero-order chi connectivity index (χ0) is 21.2. The number of thiol groups is 1. The van der Waals surface area contributed by atoms with Crippen LogP contribution in [0.25, 0.3) is 0 Å². The summed E-state index contributed by atoms with van der Waals surface area (Å²) in [5.74, 6) is 0.862. The average molecular weight is 422 g/mol. The van der Waals surface area contributed by atoms with E-state index in [9.17, 15) is 19.5 Å². The first-order chi connectivity index (χ1) is 12.5. The lowest BCUT2D eigenvalue weighted by molar-refractivity contribution is -0.147. The van der Waals surface area contributed by atoms with Crippen LogP contribution >= 0.6 is 24.4 Å². The molecule has 0 saturated heterocycles. The Morgan fingerprint density at radius 2 is 1.78 bits per heavy atom. The predicted octanol–water partition coefficient (Wildman–Crippen LogP) is 1.14. The molecule has 9 heteroatoms. The summed E-state index contributed by atoms with van der Waals surface area (Å²) in [5.41, 5.74) is 4.31. The zero-order valence-corrected chi connectivity index (χ0v) is 18.8. The van der Waals surface area contributed by atoms with Gasteiger partial charge in [-0.1, -0.05) is 6.92 Å². The molecule has 0 heterocycles. The Labute approximate surface area is 172 Å². The number of hydrogen-bond donors (Lipinski definition) is 3. The number of thioether (sulfide) groups is 1. The van der Waals surface area contributed by atoms with E-state index in [-0.39, 0.29) is 18.2 Å². The van der Waals surface area contributed by atoms with E-state index < -0.39 is 23.6 Å². The third kappa shape index (κ3) is 9.71. The van der Waals surface area contributed by atoms with E-state index in [1.807, 2.05) is 6.92 Å². The number of primary amides is 1. The predicted molar refractivity (Wildman–Crippen MR) is 114 cm³/mol. The van der Waals surface area contributed by atoms with Crippen molar-refractivity contribution < 1.29 is 19.5 Å². The highest BCUT2D eigenvalue weighted by molar-refractivity contribution is 7.99. The lowest BCUT2D eigenvalue weighted by atomic mass is 9.97. The highest BCUT2D eigenvalue weighted by Crippen LogP contribution is 2.19. The number of likely N-dealkylation sites (N-methyl/N-ethyl adjacent to an activating group) is 2. The van der Waals surface area contributed by atoms with Crippen molar-refractivity contribution in [3.05, 3.63) is 0 Å². The molecule has 0 aromatic carbocycles. The smallest absolute Gasteiger partial charge is 0.246 e. The van der Waals surface area contributed by atoms with Crippen molar-refractivity contribution >= 4 is 42.1 Å². The molecule has 2 atom stereocenters. The Kier molecular flexibility index (Phi) is 12.1. The number of nitrogens with two attached hydrogens (primary N) is 1. The van der Waals surface area contributed by atoms with Gasteiger partial charge < -0.3 is 20.6 Å². The number of aliphatic hydroxyl groups is 1. The molecule has 27 heavy (non-hydrogen) atoms. The summed E-state index contributed by atoms with van der Waals surface area (Å²) in [6.07, 6.45) is 1.97. The topological polar surface area (TPSA) is 104 Å². The van der Waals surface area contributed by atoms with Crippen LogP contribution in [0.4, 0.5) is 0 Å². The second-order valence-electron chi connectivity index (χ2n) is 7.31. The first-order valence-corrected chi connectivity index (χ1v) is 11.0. The summed E-state index contributed by atoms with van der Waals surface area (Å²) in [7, 11) is 3.11. The lowest BCUT2D eigenvalue weighted by Gasteiger charge is -2.35. The minimum absolute atomic E-state index is 0.0245. The van der Waals surface area contributed by atoms with Crippen molar-refractivity contribution in [2.24, 2.45) is 5.73 Å². The molecule has 0 aliphatic heterocycles. The second-order valence-corrected chi connectivity index (χ2v) is 8.90. The molecule has 3 amide bonds. The van der Waals surface area contributed by atoms with Crippen LogP contribution in [0.3, 0.4) is 0 Å². The molecule has 7 nitrogen and oxygen atoms in total. The standard InChI is InChI=1S/C18H35N3O4S2/c1-6-8-15(22)20(4)14(12-27-10-7-9-26)17(24)21(5)13(16(19)23)11-18(2,3)25/h13-14,25-26H,6-12H2,1-5H3,(H2,19,23)/t13-,14+/m0/s1. The Morgan fingerprint density at radius 3 is 2.22 bits per heavy atom. The highest BCUT2D eigenvalue weighted by atomic mass is 32.2. The van der Waals surface area contributed by atoms with Crippen molar-refractivity contribution in [2.75, 3.05) is 31.4 Å². The molecule has 158 valence electrons. The minimum atomic E-state index is -1.16. The largest absolute Gasteiger partial charge is 0.390 e. The molecule has 0 rings (SSSR count). The fourth-order valence-electron chi connectivity index (χ4n) is 2.56. The molecular formula is C18H35N3O4S2. The van der Waals surface area contributed by atoms with E-state index in [4.69, 9.17) is 5.73 Å². The lowest BCUT2D eigenvalue weighted by Crippen LogP contribution is -2.56. The number of amides is 3. The van der Waals surface area contributed by atoms with Gasteiger partial charge in [-0.3, -0.25) is 14.4 Å². The molecule has 0 aliphatic rings. The van der Waals surface area contributed by atoms with Crippen LogP contribution in [0, 0.1) is 0 Å². The van der Waals surface area contributed by atoms with Crippen LogP contribution in [0.15, 0.2) is 0 Å². The average Bonchev–Trinajstić information content (AvgIpc) is 2.57. The fourth-order valence-corrected chi connectivity index (χ4v) is 4.04. The van der Waals surface area contributed by atoms with Gasteiger partial charge in [0.2, 0.25) is 17.7 Å². The van der Waals surface area contributed by atoms with Crippen molar-refractivity contribution in [1.82, 2.24) is 9.80 Å². The van der Waals surface area contributed by atoms with Gasteiger partial charge in [-0.25, -0.2) is 0 Å². The molecule has 0 spiro atoms. The van der Waals surface area contributed by atoms with Gasteiger partial charge in [0.15, 0.2) is 0 Å². The maximum Gasteiger partial charge on any atom is 0.246 e. The molecule has 0 radical (unpaired) electrons. The zero-order valence-electron chi connectivity index (χ0n) is 17.1. The number of nitrogens with zero attached hydrogens (tertiary/aromatic N) is 2. The van der Waals surface area contributed by atoms with Crippen molar-refractivity contribution in [1.29, 1.82) is 0 Å². The van der Waals surface area contributed by atoms with Gasteiger partial charge >= 0.3 is 0 Å². The molecule has 3 N–H and O–H groups in total. The summed E-state index contributed by atoms with van der Waals surface area (Å²) in [6, 6.07) is -1.64. The van der Waals surface area contributed by atoms with E-state index in [1.165, 1.54) is 16.8 Å². The number of rotatable bonds is 13. The molecule has 0 bridgehead atoms. The molecule has 0 fully saturated rings.